The maximum Gasteiger partial charge on any atom is 0.328 e. The Hall–Kier alpha value is -1.22. The molecule has 2 fully saturated rings. The molecule has 0 radical (unpaired) electrons. The molecule has 0 spiro atoms. The minimum Gasteiger partial charge on any atom is -0.394 e. The molecule has 2 aliphatic rings. The van der Waals surface area contributed by atoms with E-state index in [4.69, 9.17) is 9.84 Å². The number of rotatable bonds is 2. The van der Waals surface area contributed by atoms with Crippen molar-refractivity contribution in [2.45, 2.75) is 37.5 Å². The van der Waals surface area contributed by atoms with Gasteiger partial charge in [0.15, 0.2) is 0 Å². The van der Waals surface area contributed by atoms with Crippen molar-refractivity contribution in [1.29, 1.82) is 0 Å². The van der Waals surface area contributed by atoms with Gasteiger partial charge in [-0.3, -0.25) is 15.0 Å². The minimum absolute atomic E-state index is 0.0298. The Labute approximate surface area is 96.8 Å². The summed E-state index contributed by atoms with van der Waals surface area (Å²) in [6.07, 6.45) is -2.67. The molecule has 3 amide bonds. The van der Waals surface area contributed by atoms with Crippen LogP contribution < -0.4 is 5.32 Å². The van der Waals surface area contributed by atoms with Crippen LogP contribution in [0.15, 0.2) is 0 Å². The third-order valence-corrected chi connectivity index (χ3v) is 3.01. The molecule has 2 aliphatic heterocycles. The zero-order valence-electron chi connectivity index (χ0n) is 9.16. The van der Waals surface area contributed by atoms with Crippen LogP contribution in [-0.2, 0) is 9.53 Å². The molecule has 0 aromatic rings. The fourth-order valence-electron chi connectivity index (χ4n) is 2.03. The zero-order valence-corrected chi connectivity index (χ0v) is 9.16. The number of imide groups is 1. The molecule has 8 heteroatoms. The van der Waals surface area contributed by atoms with E-state index in [0.29, 0.717) is 0 Å². The molecule has 2 heterocycles. The molecule has 17 heavy (non-hydrogen) atoms. The lowest BCUT2D eigenvalue weighted by Crippen LogP contribution is -2.52. The second-order valence-electron chi connectivity index (χ2n) is 4.26. The summed E-state index contributed by atoms with van der Waals surface area (Å²) in [5.41, 5.74) is -2.01. The highest BCUT2D eigenvalue weighted by Gasteiger charge is 2.54. The molecule has 0 aliphatic carbocycles. The lowest BCUT2D eigenvalue weighted by Gasteiger charge is -2.31. The topological polar surface area (TPSA) is 119 Å². The van der Waals surface area contributed by atoms with Gasteiger partial charge in [0.2, 0.25) is 5.72 Å². The van der Waals surface area contributed by atoms with E-state index >= 15 is 0 Å². The molecule has 4 atom stereocenters. The molecule has 8 nitrogen and oxygen atoms in total. The SMILES string of the molecule is CC1(O)C(=O)NC(=O)N1[C@H]1C[C@H](O)[C@@H](CO)O1. The summed E-state index contributed by atoms with van der Waals surface area (Å²) in [5.74, 6) is -0.840. The number of hydrogen-bond donors (Lipinski definition) is 4. The van der Waals surface area contributed by atoms with Crippen molar-refractivity contribution < 1.29 is 29.6 Å². The maximum atomic E-state index is 11.5. The van der Waals surface area contributed by atoms with Crippen molar-refractivity contribution in [1.82, 2.24) is 10.2 Å². The Kier molecular flexibility index (Phi) is 2.82. The normalized spacial score (nSPS) is 42.1. The van der Waals surface area contributed by atoms with Gasteiger partial charge in [0, 0.05) is 6.42 Å². The highest BCUT2D eigenvalue weighted by molar-refractivity contribution is 6.05. The Morgan fingerprint density at radius 2 is 2.24 bits per heavy atom. The summed E-state index contributed by atoms with van der Waals surface area (Å²) in [7, 11) is 0. The number of ether oxygens (including phenoxy) is 1. The number of carbonyl (C=O) groups excluding carboxylic acids is 2. The first-order valence-electron chi connectivity index (χ1n) is 5.19. The standard InChI is InChI=1S/C9H14N2O6/c1-9(16)7(14)10-8(15)11(9)6-2-4(13)5(3-12)17-6/h4-6,12-13,16H,2-3H2,1H3,(H,10,14,15)/t4-,5+,6+,9?/m0/s1. The molecule has 0 saturated carbocycles. The van der Waals surface area contributed by atoms with E-state index < -0.39 is 42.7 Å². The van der Waals surface area contributed by atoms with Crippen LogP contribution in [0, 0.1) is 0 Å². The third kappa shape index (κ3) is 1.78. The third-order valence-electron chi connectivity index (χ3n) is 3.01. The maximum absolute atomic E-state index is 11.5. The zero-order chi connectivity index (χ0) is 12.8. The van der Waals surface area contributed by atoms with E-state index in [1.807, 2.05) is 5.32 Å². The van der Waals surface area contributed by atoms with Crippen molar-refractivity contribution >= 4 is 11.9 Å². The summed E-state index contributed by atoms with van der Waals surface area (Å²) in [4.78, 5) is 23.6. The van der Waals surface area contributed by atoms with Gasteiger partial charge in [-0.2, -0.15) is 0 Å². The van der Waals surface area contributed by atoms with Crippen molar-refractivity contribution in [2.75, 3.05) is 6.61 Å². The molecule has 0 bridgehead atoms. The molecule has 96 valence electrons. The van der Waals surface area contributed by atoms with Gasteiger partial charge in [-0.25, -0.2) is 4.79 Å². The van der Waals surface area contributed by atoms with Crippen LogP contribution in [0.5, 0.6) is 0 Å². The molecular weight excluding hydrogens is 232 g/mol. The van der Waals surface area contributed by atoms with Crippen LogP contribution in [0.3, 0.4) is 0 Å². The number of nitrogens with zero attached hydrogens (tertiary/aromatic N) is 1. The number of amides is 3. The molecule has 2 saturated heterocycles. The average Bonchev–Trinajstić information content (AvgIpc) is 2.66. The van der Waals surface area contributed by atoms with Crippen LogP contribution in [-0.4, -0.2) is 62.9 Å². The Morgan fingerprint density at radius 3 is 2.65 bits per heavy atom. The van der Waals surface area contributed by atoms with Crippen molar-refractivity contribution in [3.63, 3.8) is 0 Å². The van der Waals surface area contributed by atoms with Crippen LogP contribution >= 0.6 is 0 Å². The average molecular weight is 246 g/mol. The summed E-state index contributed by atoms with van der Waals surface area (Å²) in [6, 6.07) is -0.782. The Morgan fingerprint density at radius 1 is 1.59 bits per heavy atom. The van der Waals surface area contributed by atoms with Crippen molar-refractivity contribution in [2.24, 2.45) is 0 Å². The molecule has 4 N–H and O–H groups in total. The largest absolute Gasteiger partial charge is 0.394 e. The summed E-state index contributed by atoms with van der Waals surface area (Å²) < 4.78 is 5.21. The van der Waals surface area contributed by atoms with E-state index in [2.05, 4.69) is 0 Å². The molecule has 0 aromatic heterocycles. The van der Waals surface area contributed by atoms with Gasteiger partial charge < -0.3 is 20.1 Å². The van der Waals surface area contributed by atoms with Crippen LogP contribution in [0.25, 0.3) is 0 Å². The monoisotopic (exact) mass is 246 g/mol. The fraction of sp³-hybridized carbons (Fsp3) is 0.778. The number of carbonyl (C=O) groups is 2. The van der Waals surface area contributed by atoms with Gasteiger partial charge in [0.25, 0.3) is 5.91 Å². The summed E-state index contributed by atoms with van der Waals surface area (Å²) in [5, 5.41) is 30.3. The number of urea groups is 1. The molecule has 0 aromatic carbocycles. The first-order valence-corrected chi connectivity index (χ1v) is 5.19. The van der Waals surface area contributed by atoms with Gasteiger partial charge in [-0.1, -0.05) is 0 Å². The second kappa shape index (κ2) is 3.91. The first-order chi connectivity index (χ1) is 7.87. The van der Waals surface area contributed by atoms with Gasteiger partial charge in [0.05, 0.1) is 12.7 Å². The van der Waals surface area contributed by atoms with Gasteiger partial charge >= 0.3 is 6.03 Å². The van der Waals surface area contributed by atoms with Gasteiger partial charge in [-0.15, -0.1) is 0 Å². The number of aliphatic hydroxyl groups is 3. The predicted octanol–water partition coefficient (Wildman–Crippen LogP) is -2.29. The molecule has 2 rings (SSSR count). The van der Waals surface area contributed by atoms with E-state index in [1.165, 1.54) is 0 Å². The van der Waals surface area contributed by atoms with Gasteiger partial charge in [-0.05, 0) is 6.92 Å². The molecule has 1 unspecified atom stereocenters. The number of aliphatic hydroxyl groups excluding tert-OH is 2. The summed E-state index contributed by atoms with van der Waals surface area (Å²) >= 11 is 0. The quantitative estimate of drug-likeness (QED) is 0.407. The van der Waals surface area contributed by atoms with Crippen LogP contribution in [0.4, 0.5) is 4.79 Å². The Bertz CT molecular complexity index is 357. The second-order valence-corrected chi connectivity index (χ2v) is 4.26. The van der Waals surface area contributed by atoms with E-state index in [1.54, 1.807) is 0 Å². The number of hydrogen-bond acceptors (Lipinski definition) is 6. The van der Waals surface area contributed by atoms with Crippen LogP contribution in [0.1, 0.15) is 13.3 Å². The van der Waals surface area contributed by atoms with Gasteiger partial charge in [0.1, 0.15) is 12.3 Å². The fourth-order valence-corrected chi connectivity index (χ4v) is 2.03. The van der Waals surface area contributed by atoms with Crippen LogP contribution in [0.2, 0.25) is 0 Å². The molecular formula is C9H14N2O6. The number of nitrogens with one attached hydrogen (secondary N) is 1. The van der Waals surface area contributed by atoms with E-state index in [-0.39, 0.29) is 6.42 Å². The minimum atomic E-state index is -2.01. The lowest BCUT2D eigenvalue weighted by atomic mass is 10.1. The van der Waals surface area contributed by atoms with E-state index in [0.717, 1.165) is 11.8 Å². The highest BCUT2D eigenvalue weighted by Crippen LogP contribution is 2.30. The smallest absolute Gasteiger partial charge is 0.328 e. The highest BCUT2D eigenvalue weighted by atomic mass is 16.6. The first kappa shape index (κ1) is 12.2. The van der Waals surface area contributed by atoms with E-state index in [9.17, 15) is 19.8 Å². The lowest BCUT2D eigenvalue weighted by molar-refractivity contribution is -0.164. The summed E-state index contributed by atoms with van der Waals surface area (Å²) in [6.45, 7) is 0.762. The Balaban J connectivity index is 2.18. The predicted molar refractivity (Wildman–Crippen MR) is 52.4 cm³/mol. The van der Waals surface area contributed by atoms with Crippen molar-refractivity contribution in [3.8, 4) is 0 Å². The van der Waals surface area contributed by atoms with Crippen molar-refractivity contribution in [3.05, 3.63) is 0 Å².